The summed E-state index contributed by atoms with van der Waals surface area (Å²) < 4.78 is 30.3. The van der Waals surface area contributed by atoms with Crippen molar-refractivity contribution >= 4 is 30.5 Å². The second-order valence-electron chi connectivity index (χ2n) is 6.66. The number of aliphatic hydroxyl groups is 1. The predicted molar refractivity (Wildman–Crippen MR) is 117 cm³/mol. The Morgan fingerprint density at radius 3 is 2.53 bits per heavy atom. The quantitative estimate of drug-likeness (QED) is 0.388. The van der Waals surface area contributed by atoms with E-state index in [-0.39, 0.29) is 44.4 Å². The van der Waals surface area contributed by atoms with E-state index in [1.807, 2.05) is 6.07 Å². The summed E-state index contributed by atoms with van der Waals surface area (Å²) in [7, 11) is -3.41. The van der Waals surface area contributed by atoms with Crippen molar-refractivity contribution < 1.29 is 28.3 Å². The highest BCUT2D eigenvalue weighted by Crippen LogP contribution is 2.48. The first-order chi connectivity index (χ1) is 15.5. The molecule has 172 valence electrons. The third kappa shape index (κ3) is 5.96. The molecular weight excluding hydrogens is 437 g/mol. The molecule has 2 heterocycles. The number of carbonyl (C=O) groups is 1. The zero-order valence-corrected chi connectivity index (χ0v) is 18.8. The molecule has 2 aromatic heterocycles. The lowest BCUT2D eigenvalue weighted by Crippen LogP contribution is -2.25. The lowest BCUT2D eigenvalue weighted by molar-refractivity contribution is 0.0161. The fourth-order valence-corrected chi connectivity index (χ4v) is 4.36. The van der Waals surface area contributed by atoms with Crippen molar-refractivity contribution in [2.24, 2.45) is 0 Å². The van der Waals surface area contributed by atoms with Gasteiger partial charge in [-0.05, 0) is 26.0 Å². The molecule has 12 heteroatoms. The number of aromatic nitrogens is 4. The Bertz CT molecular complexity index is 1070. The number of anilines is 1. The Kier molecular flexibility index (Phi) is 8.43. The molecule has 0 aliphatic carbocycles. The molecule has 32 heavy (non-hydrogen) atoms. The lowest BCUT2D eigenvalue weighted by atomic mass is 10.2. The molecule has 3 rings (SSSR count). The molecule has 0 fully saturated rings. The van der Waals surface area contributed by atoms with Crippen molar-refractivity contribution in [3.63, 3.8) is 0 Å². The van der Waals surface area contributed by atoms with Crippen LogP contribution in [0.25, 0.3) is 11.2 Å². The van der Waals surface area contributed by atoms with Gasteiger partial charge in [-0.1, -0.05) is 18.2 Å². The lowest BCUT2D eigenvalue weighted by Gasteiger charge is -2.21. The van der Waals surface area contributed by atoms with E-state index in [1.54, 1.807) is 42.7 Å². The molecule has 0 unspecified atom stereocenters. The fraction of sp³-hybridized carbons (Fsp3) is 0.400. The summed E-state index contributed by atoms with van der Waals surface area (Å²) in [6.07, 6.45) is 1.82. The van der Waals surface area contributed by atoms with Crippen molar-refractivity contribution in [2.45, 2.75) is 26.5 Å². The number of amides is 1. The smallest absolute Gasteiger partial charge is 0.356 e. The van der Waals surface area contributed by atoms with Crippen LogP contribution in [0.3, 0.4) is 0 Å². The number of imidazole rings is 1. The first-order valence-corrected chi connectivity index (χ1v) is 11.8. The average molecular weight is 463 g/mol. The molecule has 0 radical (unpaired) electrons. The highest BCUT2D eigenvalue weighted by Gasteiger charge is 2.26. The van der Waals surface area contributed by atoms with Crippen LogP contribution in [0.2, 0.25) is 0 Å². The van der Waals surface area contributed by atoms with Crippen LogP contribution in [-0.2, 0) is 24.9 Å². The van der Waals surface area contributed by atoms with Gasteiger partial charge in [-0.15, -0.1) is 0 Å². The van der Waals surface area contributed by atoms with Gasteiger partial charge in [-0.2, -0.15) is 0 Å². The van der Waals surface area contributed by atoms with Crippen LogP contribution < -0.4 is 5.32 Å². The number of hydrogen-bond acceptors (Lipinski definition) is 9. The first kappa shape index (κ1) is 24.0. The number of nitrogens with zero attached hydrogens (tertiary/aromatic N) is 4. The topological polar surface area (TPSA) is 138 Å². The molecule has 1 amide bonds. The van der Waals surface area contributed by atoms with Crippen molar-refractivity contribution in [1.29, 1.82) is 0 Å². The van der Waals surface area contributed by atoms with Gasteiger partial charge < -0.3 is 28.8 Å². The number of ether oxygens (including phenoxy) is 1. The third-order valence-corrected chi connectivity index (χ3v) is 6.16. The zero-order chi connectivity index (χ0) is 23.0. The van der Waals surface area contributed by atoms with E-state index < -0.39 is 13.7 Å². The Balaban J connectivity index is 1.73. The number of carbonyl (C=O) groups excluding carboxylic acids is 1. The van der Waals surface area contributed by atoms with Gasteiger partial charge in [0.15, 0.2) is 17.0 Å². The van der Waals surface area contributed by atoms with Crippen molar-refractivity contribution in [1.82, 2.24) is 19.5 Å². The van der Waals surface area contributed by atoms with Gasteiger partial charge in [0.1, 0.15) is 12.7 Å². The summed E-state index contributed by atoms with van der Waals surface area (Å²) in [4.78, 5) is 25.1. The van der Waals surface area contributed by atoms with Gasteiger partial charge in [0.05, 0.1) is 38.8 Å². The second-order valence-corrected chi connectivity index (χ2v) is 8.65. The van der Waals surface area contributed by atoms with Crippen molar-refractivity contribution in [2.75, 3.05) is 31.5 Å². The molecule has 0 saturated carbocycles. The van der Waals surface area contributed by atoms with E-state index in [9.17, 15) is 14.5 Å². The SMILES string of the molecule is CCOP(=O)(CO[C@H](CO)Cn1cnc2c(NC(=O)c3ccccc3)ncnc21)OCC. The molecule has 11 nitrogen and oxygen atoms in total. The predicted octanol–water partition coefficient (Wildman–Crippen LogP) is 2.68. The third-order valence-electron chi connectivity index (χ3n) is 4.39. The maximum absolute atomic E-state index is 12.6. The summed E-state index contributed by atoms with van der Waals surface area (Å²) in [5.41, 5.74) is 1.33. The summed E-state index contributed by atoms with van der Waals surface area (Å²) in [6, 6.07) is 8.74. The largest absolute Gasteiger partial charge is 0.394 e. The molecular formula is C20H26N5O6P. The number of hydrogen-bond donors (Lipinski definition) is 2. The maximum Gasteiger partial charge on any atom is 0.356 e. The van der Waals surface area contributed by atoms with Crippen LogP contribution in [0.1, 0.15) is 24.2 Å². The summed E-state index contributed by atoms with van der Waals surface area (Å²) in [6.45, 7) is 3.69. The summed E-state index contributed by atoms with van der Waals surface area (Å²) in [5.74, 6) is -0.0550. The Hall–Kier alpha value is -2.69. The molecule has 0 saturated heterocycles. The van der Waals surface area contributed by atoms with Crippen molar-refractivity contribution in [3.8, 4) is 0 Å². The molecule has 2 N–H and O–H groups in total. The van der Waals surface area contributed by atoms with Crippen LogP contribution in [0.4, 0.5) is 5.82 Å². The van der Waals surface area contributed by atoms with Crippen LogP contribution in [0, 0.1) is 0 Å². The van der Waals surface area contributed by atoms with Gasteiger partial charge in [0.2, 0.25) is 0 Å². The van der Waals surface area contributed by atoms with Gasteiger partial charge in [0, 0.05) is 5.56 Å². The Morgan fingerprint density at radius 1 is 1.16 bits per heavy atom. The van der Waals surface area contributed by atoms with E-state index in [2.05, 4.69) is 20.3 Å². The number of benzene rings is 1. The second kappa shape index (κ2) is 11.3. The van der Waals surface area contributed by atoms with Crippen molar-refractivity contribution in [3.05, 3.63) is 48.5 Å². The standard InChI is InChI=1S/C20H26N5O6P/c1-3-30-32(28,31-4-2)14-29-16(11-26)10-25-13-23-17-18(21-12-22-19(17)25)24-20(27)15-8-6-5-7-9-15/h5-9,12-13,16,26H,3-4,10-11,14H2,1-2H3,(H,21,22,24,27)/t16-/m0/s1. The van der Waals surface area contributed by atoms with Crippen LogP contribution in [0.5, 0.6) is 0 Å². The van der Waals surface area contributed by atoms with Crippen LogP contribution >= 0.6 is 7.60 Å². The molecule has 0 spiro atoms. The molecule has 0 aliphatic heterocycles. The summed E-state index contributed by atoms with van der Waals surface area (Å²) in [5, 5.41) is 12.5. The van der Waals surface area contributed by atoms with E-state index in [1.165, 1.54) is 12.7 Å². The zero-order valence-electron chi connectivity index (χ0n) is 17.9. The normalized spacial score (nSPS) is 12.7. The minimum atomic E-state index is -3.41. The first-order valence-electron chi connectivity index (χ1n) is 10.1. The van der Waals surface area contributed by atoms with Crippen LogP contribution in [0.15, 0.2) is 43.0 Å². The molecule has 0 aliphatic rings. The van der Waals surface area contributed by atoms with Gasteiger partial charge in [-0.3, -0.25) is 9.36 Å². The fourth-order valence-electron chi connectivity index (χ4n) is 2.96. The van der Waals surface area contributed by atoms with E-state index in [0.717, 1.165) is 0 Å². The highest BCUT2D eigenvalue weighted by molar-refractivity contribution is 7.53. The van der Waals surface area contributed by atoms with Gasteiger partial charge >= 0.3 is 7.60 Å². The maximum atomic E-state index is 12.6. The molecule has 1 atom stereocenters. The van der Waals surface area contributed by atoms with E-state index >= 15 is 0 Å². The van der Waals surface area contributed by atoms with Gasteiger partial charge in [-0.25, -0.2) is 15.0 Å². The number of nitrogens with one attached hydrogen (secondary N) is 1. The Morgan fingerprint density at radius 2 is 1.88 bits per heavy atom. The van der Waals surface area contributed by atoms with Crippen LogP contribution in [-0.4, -0.2) is 62.8 Å². The molecule has 3 aromatic rings. The summed E-state index contributed by atoms with van der Waals surface area (Å²) >= 11 is 0. The number of fused-ring (bicyclic) bond motifs is 1. The molecule has 1 aromatic carbocycles. The van der Waals surface area contributed by atoms with E-state index in [4.69, 9.17) is 13.8 Å². The average Bonchev–Trinajstić information content (AvgIpc) is 3.21. The van der Waals surface area contributed by atoms with Gasteiger partial charge in [0.25, 0.3) is 5.91 Å². The monoisotopic (exact) mass is 463 g/mol. The Labute approximate surface area is 185 Å². The number of aliphatic hydroxyl groups excluding tert-OH is 1. The minimum absolute atomic E-state index is 0.175. The molecule has 0 bridgehead atoms. The van der Waals surface area contributed by atoms with E-state index in [0.29, 0.717) is 16.7 Å². The highest BCUT2D eigenvalue weighted by atomic mass is 31.2. The number of rotatable bonds is 12. The minimum Gasteiger partial charge on any atom is -0.394 e.